The zero-order valence-electron chi connectivity index (χ0n) is 12.1. The minimum atomic E-state index is 0.810. The number of fused-ring (bicyclic) bond motifs is 1. The molecule has 1 aromatic carbocycles. The van der Waals surface area contributed by atoms with Crippen LogP contribution in [0.2, 0.25) is 0 Å². The lowest BCUT2D eigenvalue weighted by Gasteiger charge is -2.28. The number of aryl methyl sites for hydroxylation is 1. The first-order chi connectivity index (χ1) is 9.74. The molecule has 3 rings (SSSR count). The summed E-state index contributed by atoms with van der Waals surface area (Å²) in [6, 6.07) is 10.7. The van der Waals surface area contributed by atoms with Crippen LogP contribution in [0.3, 0.4) is 0 Å². The summed E-state index contributed by atoms with van der Waals surface area (Å²) in [5.41, 5.74) is 3.92. The molecular weight excluding hydrogens is 248 g/mol. The summed E-state index contributed by atoms with van der Waals surface area (Å²) in [5, 5.41) is 3.09. The summed E-state index contributed by atoms with van der Waals surface area (Å²) in [5.74, 6) is 1.79. The number of nitrogens with one attached hydrogen (secondary N) is 1. The molecule has 104 valence electrons. The second-order valence-corrected chi connectivity index (χ2v) is 5.29. The van der Waals surface area contributed by atoms with Gasteiger partial charge in [-0.1, -0.05) is 24.3 Å². The minimum absolute atomic E-state index is 0.810. The van der Waals surface area contributed by atoms with Crippen LogP contribution in [0.5, 0.6) is 0 Å². The van der Waals surface area contributed by atoms with Crippen LogP contribution in [0.4, 0.5) is 5.82 Å². The van der Waals surface area contributed by atoms with Crippen LogP contribution in [0, 0.1) is 6.92 Å². The smallest absolute Gasteiger partial charge is 0.144 e. The molecular formula is C16H20N4. The van der Waals surface area contributed by atoms with Crippen molar-refractivity contribution in [3.05, 3.63) is 53.0 Å². The maximum Gasteiger partial charge on any atom is 0.144 e. The molecule has 0 atom stereocenters. The lowest BCUT2D eigenvalue weighted by molar-refractivity contribution is 0.239. The number of nitrogens with zero attached hydrogens (tertiary/aromatic N) is 3. The lowest BCUT2D eigenvalue weighted by Crippen LogP contribution is -2.30. The van der Waals surface area contributed by atoms with E-state index in [1.54, 1.807) is 0 Å². The zero-order valence-corrected chi connectivity index (χ0v) is 12.1. The van der Waals surface area contributed by atoms with Crippen LogP contribution in [0.15, 0.2) is 30.3 Å². The maximum atomic E-state index is 4.54. The van der Waals surface area contributed by atoms with Gasteiger partial charge in [0.2, 0.25) is 0 Å². The van der Waals surface area contributed by atoms with Crippen molar-refractivity contribution in [2.45, 2.75) is 26.4 Å². The van der Waals surface area contributed by atoms with E-state index in [1.807, 2.05) is 20.0 Å². The number of hydrogen-bond acceptors (Lipinski definition) is 4. The van der Waals surface area contributed by atoms with Gasteiger partial charge in [0.25, 0.3) is 0 Å². The summed E-state index contributed by atoms with van der Waals surface area (Å²) in [7, 11) is 1.89. The molecule has 4 nitrogen and oxygen atoms in total. The lowest BCUT2D eigenvalue weighted by atomic mass is 10.00. The van der Waals surface area contributed by atoms with Gasteiger partial charge in [-0.2, -0.15) is 0 Å². The van der Waals surface area contributed by atoms with Gasteiger partial charge < -0.3 is 5.32 Å². The molecule has 0 saturated heterocycles. The monoisotopic (exact) mass is 268 g/mol. The van der Waals surface area contributed by atoms with Gasteiger partial charge in [-0.3, -0.25) is 4.90 Å². The van der Waals surface area contributed by atoms with Gasteiger partial charge in [0, 0.05) is 31.9 Å². The SMILES string of the molecule is CNc1cc(C)nc(CN2CCc3ccccc3C2)n1. The van der Waals surface area contributed by atoms with Crippen molar-refractivity contribution in [1.29, 1.82) is 0 Å². The van der Waals surface area contributed by atoms with Crippen molar-refractivity contribution in [2.75, 3.05) is 18.9 Å². The van der Waals surface area contributed by atoms with Gasteiger partial charge in [-0.05, 0) is 24.5 Å². The van der Waals surface area contributed by atoms with E-state index in [-0.39, 0.29) is 0 Å². The largest absolute Gasteiger partial charge is 0.373 e. The topological polar surface area (TPSA) is 41.1 Å². The average Bonchev–Trinajstić information content (AvgIpc) is 2.46. The molecule has 0 fully saturated rings. The van der Waals surface area contributed by atoms with Crippen molar-refractivity contribution >= 4 is 5.82 Å². The molecule has 20 heavy (non-hydrogen) atoms. The molecule has 4 heteroatoms. The summed E-state index contributed by atoms with van der Waals surface area (Å²) in [6.45, 7) is 4.88. The second-order valence-electron chi connectivity index (χ2n) is 5.29. The van der Waals surface area contributed by atoms with Gasteiger partial charge in [0.15, 0.2) is 0 Å². The van der Waals surface area contributed by atoms with Gasteiger partial charge >= 0.3 is 0 Å². The van der Waals surface area contributed by atoms with E-state index in [9.17, 15) is 0 Å². The van der Waals surface area contributed by atoms with Crippen LogP contribution in [0.25, 0.3) is 0 Å². The van der Waals surface area contributed by atoms with E-state index in [4.69, 9.17) is 0 Å². The fourth-order valence-electron chi connectivity index (χ4n) is 2.72. The van der Waals surface area contributed by atoms with Gasteiger partial charge in [0.1, 0.15) is 11.6 Å². The third kappa shape index (κ3) is 2.80. The molecule has 0 amide bonds. The van der Waals surface area contributed by atoms with Crippen molar-refractivity contribution in [3.63, 3.8) is 0 Å². The summed E-state index contributed by atoms with van der Waals surface area (Å²) in [4.78, 5) is 11.5. The van der Waals surface area contributed by atoms with E-state index < -0.39 is 0 Å². The van der Waals surface area contributed by atoms with Crippen LogP contribution in [-0.2, 0) is 19.5 Å². The van der Waals surface area contributed by atoms with E-state index in [0.29, 0.717) is 0 Å². The highest BCUT2D eigenvalue weighted by molar-refractivity contribution is 5.35. The molecule has 0 unspecified atom stereocenters. The Kier molecular flexibility index (Phi) is 3.65. The van der Waals surface area contributed by atoms with Crippen LogP contribution < -0.4 is 5.32 Å². The third-order valence-electron chi connectivity index (χ3n) is 3.73. The first-order valence-electron chi connectivity index (χ1n) is 7.06. The van der Waals surface area contributed by atoms with E-state index in [0.717, 1.165) is 43.4 Å². The normalized spacial score (nSPS) is 14.9. The molecule has 1 aromatic heterocycles. The van der Waals surface area contributed by atoms with Crippen molar-refractivity contribution in [2.24, 2.45) is 0 Å². The highest BCUT2D eigenvalue weighted by Gasteiger charge is 2.16. The Bertz CT molecular complexity index is 609. The van der Waals surface area contributed by atoms with E-state index in [1.165, 1.54) is 11.1 Å². The number of benzene rings is 1. The Morgan fingerprint density at radius 2 is 2.00 bits per heavy atom. The fraction of sp³-hybridized carbons (Fsp3) is 0.375. The van der Waals surface area contributed by atoms with Crippen molar-refractivity contribution in [3.8, 4) is 0 Å². The van der Waals surface area contributed by atoms with Gasteiger partial charge in [-0.25, -0.2) is 9.97 Å². The van der Waals surface area contributed by atoms with Crippen LogP contribution >= 0.6 is 0 Å². The molecule has 0 bridgehead atoms. The zero-order chi connectivity index (χ0) is 13.9. The molecule has 2 heterocycles. The van der Waals surface area contributed by atoms with E-state index >= 15 is 0 Å². The summed E-state index contributed by atoms with van der Waals surface area (Å²) in [6.07, 6.45) is 1.11. The molecule has 0 saturated carbocycles. The fourth-order valence-corrected chi connectivity index (χ4v) is 2.72. The Morgan fingerprint density at radius 3 is 2.80 bits per heavy atom. The Balaban J connectivity index is 1.75. The highest BCUT2D eigenvalue weighted by atomic mass is 15.2. The molecule has 1 N–H and O–H groups in total. The molecule has 0 spiro atoms. The highest BCUT2D eigenvalue weighted by Crippen LogP contribution is 2.19. The van der Waals surface area contributed by atoms with Gasteiger partial charge in [0.05, 0.1) is 6.54 Å². The van der Waals surface area contributed by atoms with Crippen LogP contribution in [-0.4, -0.2) is 28.5 Å². The van der Waals surface area contributed by atoms with Crippen LogP contribution in [0.1, 0.15) is 22.6 Å². The average molecular weight is 268 g/mol. The molecule has 1 aliphatic heterocycles. The van der Waals surface area contributed by atoms with Gasteiger partial charge in [-0.15, -0.1) is 0 Å². The molecule has 0 radical (unpaired) electrons. The minimum Gasteiger partial charge on any atom is -0.373 e. The number of anilines is 1. The quantitative estimate of drug-likeness (QED) is 0.928. The number of rotatable bonds is 3. The third-order valence-corrected chi connectivity index (χ3v) is 3.73. The first kappa shape index (κ1) is 13.1. The maximum absolute atomic E-state index is 4.54. The number of aromatic nitrogens is 2. The standard InChI is InChI=1S/C16H20N4/c1-12-9-15(17-2)19-16(18-12)11-20-8-7-13-5-3-4-6-14(13)10-20/h3-6,9H,7-8,10-11H2,1-2H3,(H,17,18,19). The second kappa shape index (κ2) is 5.59. The summed E-state index contributed by atoms with van der Waals surface area (Å²) < 4.78 is 0. The summed E-state index contributed by atoms with van der Waals surface area (Å²) >= 11 is 0. The predicted octanol–water partition coefficient (Wildman–Crippen LogP) is 2.39. The Hall–Kier alpha value is -1.94. The van der Waals surface area contributed by atoms with Crippen molar-refractivity contribution < 1.29 is 0 Å². The number of hydrogen-bond donors (Lipinski definition) is 1. The van der Waals surface area contributed by atoms with Crippen molar-refractivity contribution in [1.82, 2.24) is 14.9 Å². The predicted molar refractivity (Wildman–Crippen MR) is 80.6 cm³/mol. The first-order valence-corrected chi connectivity index (χ1v) is 7.06. The van der Waals surface area contributed by atoms with E-state index in [2.05, 4.69) is 44.5 Å². The Labute approximate surface area is 119 Å². The Morgan fingerprint density at radius 1 is 1.20 bits per heavy atom. The molecule has 1 aliphatic rings. The molecule has 2 aromatic rings. The molecule has 0 aliphatic carbocycles.